The molecule has 4 heteroatoms. The first-order chi connectivity index (χ1) is 7.60. The lowest BCUT2D eigenvalue weighted by Gasteiger charge is -2.06. The molecule has 0 aliphatic carbocycles. The van der Waals surface area contributed by atoms with E-state index in [1.54, 1.807) is 12.1 Å². The average Bonchev–Trinajstić information content (AvgIpc) is 2.27. The lowest BCUT2D eigenvalue weighted by molar-refractivity contribution is 0.595. The molecular formula is C12H19NO2S. The molecule has 0 atom stereocenters. The lowest BCUT2D eigenvalue weighted by Crippen LogP contribution is -2.06. The first-order valence-electron chi connectivity index (χ1n) is 5.67. The second kappa shape index (κ2) is 5.89. The topological polar surface area (TPSA) is 46.2 Å². The molecule has 0 saturated heterocycles. The van der Waals surface area contributed by atoms with Crippen molar-refractivity contribution in [3.63, 3.8) is 0 Å². The molecule has 0 aliphatic rings. The van der Waals surface area contributed by atoms with Gasteiger partial charge < -0.3 is 5.32 Å². The number of rotatable bonds is 6. The minimum Gasteiger partial charge on any atom is -0.385 e. The molecule has 0 radical (unpaired) electrons. The Hall–Kier alpha value is -1.03. The molecule has 0 aromatic heterocycles. The summed E-state index contributed by atoms with van der Waals surface area (Å²) in [7, 11) is -3.08. The average molecular weight is 241 g/mol. The quantitative estimate of drug-likeness (QED) is 0.833. The Morgan fingerprint density at radius 1 is 1.06 bits per heavy atom. The highest BCUT2D eigenvalue weighted by Crippen LogP contribution is 2.15. The largest absolute Gasteiger partial charge is 0.385 e. The van der Waals surface area contributed by atoms with Crippen molar-refractivity contribution in [3.8, 4) is 0 Å². The summed E-state index contributed by atoms with van der Waals surface area (Å²) < 4.78 is 23.5. The van der Waals surface area contributed by atoms with Gasteiger partial charge in [0, 0.05) is 12.2 Å². The standard InChI is InChI=1S/C12H19NO2S/c1-3-9-13-11-5-7-12(8-6-11)16(14,15)10-4-2/h5-8,13H,3-4,9-10H2,1-2H3. The number of hydrogen-bond donors (Lipinski definition) is 1. The Labute approximate surface area is 97.8 Å². The number of anilines is 1. The third kappa shape index (κ3) is 3.52. The van der Waals surface area contributed by atoms with Gasteiger partial charge in [-0.2, -0.15) is 0 Å². The monoisotopic (exact) mass is 241 g/mol. The van der Waals surface area contributed by atoms with Gasteiger partial charge in [-0.05, 0) is 37.1 Å². The van der Waals surface area contributed by atoms with Crippen LogP contribution in [0.3, 0.4) is 0 Å². The Morgan fingerprint density at radius 3 is 2.19 bits per heavy atom. The predicted octanol–water partition coefficient (Wildman–Crippen LogP) is 2.69. The third-order valence-electron chi connectivity index (χ3n) is 2.27. The highest BCUT2D eigenvalue weighted by atomic mass is 32.2. The molecule has 16 heavy (non-hydrogen) atoms. The van der Waals surface area contributed by atoms with E-state index in [0.717, 1.165) is 18.7 Å². The van der Waals surface area contributed by atoms with Crippen LogP contribution in [0.4, 0.5) is 5.69 Å². The molecule has 1 N–H and O–H groups in total. The zero-order valence-corrected chi connectivity index (χ0v) is 10.7. The van der Waals surface area contributed by atoms with E-state index in [2.05, 4.69) is 12.2 Å². The normalized spacial score (nSPS) is 11.4. The Balaban J connectivity index is 2.78. The van der Waals surface area contributed by atoms with Crippen LogP contribution in [0.1, 0.15) is 26.7 Å². The summed E-state index contributed by atoms with van der Waals surface area (Å²) in [6.07, 6.45) is 1.70. The summed E-state index contributed by atoms with van der Waals surface area (Å²) in [6.45, 7) is 4.86. The molecule has 0 amide bonds. The highest BCUT2D eigenvalue weighted by Gasteiger charge is 2.12. The van der Waals surface area contributed by atoms with Gasteiger partial charge in [-0.25, -0.2) is 8.42 Å². The van der Waals surface area contributed by atoms with Crippen LogP contribution in [-0.4, -0.2) is 20.7 Å². The molecule has 0 spiro atoms. The lowest BCUT2D eigenvalue weighted by atomic mass is 10.3. The van der Waals surface area contributed by atoms with Crippen LogP contribution < -0.4 is 5.32 Å². The smallest absolute Gasteiger partial charge is 0.178 e. The van der Waals surface area contributed by atoms with E-state index >= 15 is 0 Å². The van der Waals surface area contributed by atoms with Crippen molar-refractivity contribution < 1.29 is 8.42 Å². The molecule has 0 fully saturated rings. The van der Waals surface area contributed by atoms with Crippen molar-refractivity contribution in [2.45, 2.75) is 31.6 Å². The van der Waals surface area contributed by atoms with Crippen LogP contribution in [-0.2, 0) is 9.84 Å². The minimum atomic E-state index is -3.08. The molecule has 90 valence electrons. The van der Waals surface area contributed by atoms with Crippen LogP contribution in [0.5, 0.6) is 0 Å². The van der Waals surface area contributed by atoms with Crippen LogP contribution in [0, 0.1) is 0 Å². The summed E-state index contributed by atoms with van der Waals surface area (Å²) in [5, 5.41) is 3.21. The molecule has 3 nitrogen and oxygen atoms in total. The first kappa shape index (κ1) is 13.0. The van der Waals surface area contributed by atoms with E-state index in [4.69, 9.17) is 0 Å². The van der Waals surface area contributed by atoms with Crippen molar-refractivity contribution in [2.24, 2.45) is 0 Å². The van der Waals surface area contributed by atoms with Gasteiger partial charge in [0.25, 0.3) is 0 Å². The molecular weight excluding hydrogens is 222 g/mol. The fourth-order valence-electron chi connectivity index (χ4n) is 1.44. The van der Waals surface area contributed by atoms with Gasteiger partial charge in [0.1, 0.15) is 0 Å². The molecule has 1 aromatic carbocycles. The van der Waals surface area contributed by atoms with E-state index in [0.29, 0.717) is 11.3 Å². The van der Waals surface area contributed by atoms with Crippen LogP contribution in [0.25, 0.3) is 0 Å². The second-order valence-electron chi connectivity index (χ2n) is 3.77. The third-order valence-corrected chi connectivity index (χ3v) is 4.20. The molecule has 1 rings (SSSR count). The van der Waals surface area contributed by atoms with Gasteiger partial charge in [-0.1, -0.05) is 13.8 Å². The highest BCUT2D eigenvalue weighted by molar-refractivity contribution is 7.91. The van der Waals surface area contributed by atoms with Gasteiger partial charge in [-0.3, -0.25) is 0 Å². The number of benzene rings is 1. The maximum Gasteiger partial charge on any atom is 0.178 e. The van der Waals surface area contributed by atoms with E-state index in [-0.39, 0.29) is 5.75 Å². The molecule has 0 saturated carbocycles. The minimum absolute atomic E-state index is 0.217. The summed E-state index contributed by atoms with van der Waals surface area (Å²) in [5.74, 6) is 0.217. The van der Waals surface area contributed by atoms with E-state index in [1.807, 2.05) is 19.1 Å². The SMILES string of the molecule is CCCNc1ccc(S(=O)(=O)CCC)cc1. The number of hydrogen-bond acceptors (Lipinski definition) is 3. The van der Waals surface area contributed by atoms with Gasteiger partial charge in [0.15, 0.2) is 9.84 Å². The summed E-state index contributed by atoms with van der Waals surface area (Å²) in [5.41, 5.74) is 0.970. The van der Waals surface area contributed by atoms with Crippen molar-refractivity contribution in [1.82, 2.24) is 0 Å². The van der Waals surface area contributed by atoms with Crippen LogP contribution in [0.2, 0.25) is 0 Å². The van der Waals surface area contributed by atoms with Gasteiger partial charge >= 0.3 is 0 Å². The van der Waals surface area contributed by atoms with Crippen molar-refractivity contribution in [3.05, 3.63) is 24.3 Å². The molecule has 0 heterocycles. The molecule has 0 unspecified atom stereocenters. The van der Waals surface area contributed by atoms with Crippen LogP contribution >= 0.6 is 0 Å². The maximum absolute atomic E-state index is 11.7. The number of nitrogens with one attached hydrogen (secondary N) is 1. The zero-order valence-electron chi connectivity index (χ0n) is 9.86. The van der Waals surface area contributed by atoms with E-state index in [1.165, 1.54) is 0 Å². The predicted molar refractivity (Wildman–Crippen MR) is 67.6 cm³/mol. The van der Waals surface area contributed by atoms with Crippen molar-refractivity contribution in [2.75, 3.05) is 17.6 Å². The second-order valence-corrected chi connectivity index (χ2v) is 5.88. The van der Waals surface area contributed by atoms with Gasteiger partial charge in [-0.15, -0.1) is 0 Å². The Kier molecular flexibility index (Phi) is 4.80. The summed E-state index contributed by atoms with van der Waals surface area (Å²) in [4.78, 5) is 0.413. The van der Waals surface area contributed by atoms with Crippen molar-refractivity contribution in [1.29, 1.82) is 0 Å². The maximum atomic E-state index is 11.7. The molecule has 0 bridgehead atoms. The summed E-state index contributed by atoms with van der Waals surface area (Å²) >= 11 is 0. The zero-order chi connectivity index (χ0) is 12.0. The van der Waals surface area contributed by atoms with Crippen molar-refractivity contribution >= 4 is 15.5 Å². The fourth-order valence-corrected chi connectivity index (χ4v) is 2.76. The fraction of sp³-hybridized carbons (Fsp3) is 0.500. The van der Waals surface area contributed by atoms with Gasteiger partial charge in [0.05, 0.1) is 10.6 Å². The Morgan fingerprint density at radius 2 is 1.69 bits per heavy atom. The van der Waals surface area contributed by atoms with Gasteiger partial charge in [0.2, 0.25) is 0 Å². The summed E-state index contributed by atoms with van der Waals surface area (Å²) in [6, 6.07) is 6.97. The number of sulfone groups is 1. The van der Waals surface area contributed by atoms with E-state index in [9.17, 15) is 8.42 Å². The first-order valence-corrected chi connectivity index (χ1v) is 7.32. The van der Waals surface area contributed by atoms with E-state index < -0.39 is 9.84 Å². The van der Waals surface area contributed by atoms with Crippen LogP contribution in [0.15, 0.2) is 29.2 Å². The molecule has 1 aromatic rings. The Bertz CT molecular complexity index is 409. The molecule has 0 aliphatic heterocycles.